The smallest absolute Gasteiger partial charge is 0.223 e. The summed E-state index contributed by atoms with van der Waals surface area (Å²) in [7, 11) is 0. The maximum absolute atomic E-state index is 13.7. The van der Waals surface area contributed by atoms with E-state index in [0.29, 0.717) is 48.1 Å². The summed E-state index contributed by atoms with van der Waals surface area (Å²) in [6.07, 6.45) is 0.277. The zero-order valence-electron chi connectivity index (χ0n) is 19.3. The van der Waals surface area contributed by atoms with Gasteiger partial charge in [0.15, 0.2) is 0 Å². The molecule has 34 heavy (non-hydrogen) atoms. The Bertz CT molecular complexity index is 925. The second-order valence-electron chi connectivity index (χ2n) is 8.44. The molecule has 2 aromatic carbocycles. The number of likely N-dealkylation sites (tertiary alicyclic amines) is 1. The summed E-state index contributed by atoms with van der Waals surface area (Å²) in [5, 5.41) is 14.6. The van der Waals surface area contributed by atoms with Gasteiger partial charge in [-0.15, -0.1) is 0 Å². The first-order chi connectivity index (χ1) is 16.3. The van der Waals surface area contributed by atoms with Crippen LogP contribution < -0.4 is 14.8 Å². The molecule has 0 radical (unpaired) electrons. The van der Waals surface area contributed by atoms with Crippen LogP contribution in [0.3, 0.4) is 0 Å². The molecule has 2 aromatic rings. The third kappa shape index (κ3) is 8.01. The second kappa shape index (κ2) is 12.7. The molecular weight excluding hydrogens is 459 g/mol. The Labute approximate surface area is 205 Å². The van der Waals surface area contributed by atoms with Gasteiger partial charge in [-0.3, -0.25) is 9.69 Å². The van der Waals surface area contributed by atoms with Crippen molar-refractivity contribution in [1.29, 1.82) is 0 Å². The van der Waals surface area contributed by atoms with Crippen LogP contribution in [0.1, 0.15) is 31.4 Å². The summed E-state index contributed by atoms with van der Waals surface area (Å²) in [5.74, 6) is 1.02. The first-order valence-electron chi connectivity index (χ1n) is 11.5. The summed E-state index contributed by atoms with van der Waals surface area (Å²) in [6, 6.07) is 13.4. The molecule has 0 spiro atoms. The maximum Gasteiger partial charge on any atom is 0.223 e. The zero-order valence-corrected chi connectivity index (χ0v) is 20.1. The Morgan fingerprint density at radius 3 is 2.56 bits per heavy atom. The molecule has 1 amide bonds. The zero-order chi connectivity index (χ0) is 24.5. The number of hydrogen-bond acceptors (Lipinski definition) is 5. The van der Waals surface area contributed by atoms with Crippen molar-refractivity contribution < 1.29 is 23.8 Å². The van der Waals surface area contributed by atoms with E-state index < -0.39 is 18.3 Å². The highest BCUT2D eigenvalue weighted by atomic mass is 35.5. The third-order valence-corrected chi connectivity index (χ3v) is 5.94. The van der Waals surface area contributed by atoms with E-state index in [1.807, 2.05) is 11.8 Å². The lowest BCUT2D eigenvalue weighted by Crippen LogP contribution is -2.47. The van der Waals surface area contributed by atoms with E-state index >= 15 is 0 Å². The van der Waals surface area contributed by atoms with Crippen molar-refractivity contribution in [3.8, 4) is 11.5 Å². The quantitative estimate of drug-likeness (QED) is 0.433. The van der Waals surface area contributed by atoms with Gasteiger partial charge in [-0.25, -0.2) is 4.39 Å². The second-order valence-corrected chi connectivity index (χ2v) is 8.88. The largest absolute Gasteiger partial charge is 0.493 e. The van der Waals surface area contributed by atoms with Crippen LogP contribution in [0.25, 0.3) is 0 Å². The Kier molecular flexibility index (Phi) is 9.74. The molecule has 184 valence electrons. The Morgan fingerprint density at radius 2 is 1.94 bits per heavy atom. The Balaban J connectivity index is 1.60. The number of benzene rings is 2. The van der Waals surface area contributed by atoms with Crippen LogP contribution in [-0.2, 0) is 4.79 Å². The van der Waals surface area contributed by atoms with E-state index in [1.54, 1.807) is 54.6 Å². The minimum atomic E-state index is -0.967. The summed E-state index contributed by atoms with van der Waals surface area (Å²) >= 11 is 5.87. The van der Waals surface area contributed by atoms with E-state index in [1.165, 1.54) is 0 Å². The maximum atomic E-state index is 13.7. The van der Waals surface area contributed by atoms with Crippen molar-refractivity contribution >= 4 is 17.5 Å². The first kappa shape index (κ1) is 26.0. The molecule has 1 aliphatic rings. The molecule has 0 saturated carbocycles. The average molecular weight is 491 g/mol. The predicted octanol–water partition coefficient (Wildman–Crippen LogP) is 4.32. The highest BCUT2D eigenvalue weighted by Gasteiger charge is 2.29. The van der Waals surface area contributed by atoms with Crippen LogP contribution in [0.15, 0.2) is 61.2 Å². The number of carbonyl (C=O) groups excluding carboxylic acids is 1. The summed E-state index contributed by atoms with van der Waals surface area (Å²) in [6.45, 7) is 6.99. The molecule has 4 atom stereocenters. The molecule has 1 saturated heterocycles. The minimum Gasteiger partial charge on any atom is -0.493 e. The van der Waals surface area contributed by atoms with Gasteiger partial charge in [-0.05, 0) is 55.3 Å². The molecule has 1 heterocycles. The number of aliphatic hydroxyl groups excluding tert-OH is 1. The molecule has 6 nitrogen and oxygen atoms in total. The lowest BCUT2D eigenvalue weighted by atomic mass is 10.0. The van der Waals surface area contributed by atoms with Crippen LogP contribution in [0.4, 0.5) is 4.39 Å². The van der Waals surface area contributed by atoms with Crippen LogP contribution in [0.2, 0.25) is 5.02 Å². The van der Waals surface area contributed by atoms with Crippen molar-refractivity contribution in [3.05, 3.63) is 71.8 Å². The number of carbonyl (C=O) groups is 1. The topological polar surface area (TPSA) is 71.0 Å². The molecule has 8 heteroatoms. The molecule has 0 aromatic heterocycles. The van der Waals surface area contributed by atoms with Crippen molar-refractivity contribution in [2.75, 3.05) is 26.2 Å². The molecule has 3 rings (SSSR count). The third-order valence-electron chi connectivity index (χ3n) is 5.68. The van der Waals surface area contributed by atoms with Gasteiger partial charge >= 0.3 is 0 Å². The number of rotatable bonds is 12. The van der Waals surface area contributed by atoms with Gasteiger partial charge in [0.05, 0.1) is 19.1 Å². The fraction of sp³-hybridized carbons (Fsp3) is 0.423. The van der Waals surface area contributed by atoms with Gasteiger partial charge in [0.2, 0.25) is 5.91 Å². The Hall–Kier alpha value is -2.61. The van der Waals surface area contributed by atoms with Gasteiger partial charge in [-0.1, -0.05) is 36.4 Å². The van der Waals surface area contributed by atoms with Crippen molar-refractivity contribution in [3.63, 3.8) is 0 Å². The van der Waals surface area contributed by atoms with E-state index in [2.05, 4.69) is 11.9 Å². The van der Waals surface area contributed by atoms with E-state index in [-0.39, 0.29) is 25.0 Å². The summed E-state index contributed by atoms with van der Waals surface area (Å²) < 4.78 is 25.0. The van der Waals surface area contributed by atoms with Gasteiger partial charge in [0.25, 0.3) is 0 Å². The fourth-order valence-electron chi connectivity index (χ4n) is 3.76. The van der Waals surface area contributed by atoms with Crippen LogP contribution in [-0.4, -0.2) is 60.5 Å². The van der Waals surface area contributed by atoms with E-state index in [0.717, 1.165) is 0 Å². The molecule has 0 bridgehead atoms. The normalized spacial score (nSPS) is 18.6. The molecule has 2 N–H and O–H groups in total. The fourth-order valence-corrected chi connectivity index (χ4v) is 3.89. The number of halogens is 2. The first-order valence-corrected chi connectivity index (χ1v) is 11.8. The summed E-state index contributed by atoms with van der Waals surface area (Å²) in [5.41, 5.74) is 0.636. The van der Waals surface area contributed by atoms with E-state index in [4.69, 9.17) is 21.1 Å². The lowest BCUT2D eigenvalue weighted by molar-refractivity contribution is -0.123. The van der Waals surface area contributed by atoms with E-state index in [9.17, 15) is 14.3 Å². The molecular formula is C26H32ClFN2O4. The number of nitrogens with zero attached hydrogens (tertiary/aromatic N) is 1. The highest BCUT2D eigenvalue weighted by molar-refractivity contribution is 6.30. The number of nitrogens with one attached hydrogen (secondary N) is 1. The lowest BCUT2D eigenvalue weighted by Gasteiger charge is -2.29. The SMILES string of the molecule is C=CC(C)Oc1ccc([C@@H](O)[C@@H](CN2CCC(F)C2)NC(=O)CCOc2ccc(Cl)cc2)cc1. The Morgan fingerprint density at radius 1 is 1.26 bits per heavy atom. The van der Waals surface area contributed by atoms with Crippen LogP contribution >= 0.6 is 11.6 Å². The predicted molar refractivity (Wildman–Crippen MR) is 131 cm³/mol. The van der Waals surface area contributed by atoms with Gasteiger partial charge in [0, 0.05) is 24.7 Å². The van der Waals surface area contributed by atoms with Crippen molar-refractivity contribution in [2.24, 2.45) is 0 Å². The molecule has 1 fully saturated rings. The number of ether oxygens (including phenoxy) is 2. The van der Waals surface area contributed by atoms with Crippen LogP contribution in [0.5, 0.6) is 11.5 Å². The highest BCUT2D eigenvalue weighted by Crippen LogP contribution is 2.23. The standard InChI is InChI=1S/C26H32ClFN2O4/c1-3-18(2)34-23-8-4-19(5-9-23)26(32)24(17-30-14-12-21(28)16-30)29-25(31)13-15-33-22-10-6-20(27)7-11-22/h3-11,18,21,24,26,32H,1,12-17H2,2H3,(H,29,31)/t18?,21?,24-,26-/m1/s1. The minimum absolute atomic E-state index is 0.115. The number of alkyl halides is 1. The van der Waals surface area contributed by atoms with Gasteiger partial charge in [-0.2, -0.15) is 0 Å². The molecule has 0 aliphatic carbocycles. The van der Waals surface area contributed by atoms with Gasteiger partial charge in [0.1, 0.15) is 29.9 Å². The molecule has 1 aliphatic heterocycles. The molecule has 2 unspecified atom stereocenters. The van der Waals surface area contributed by atoms with Crippen molar-refractivity contribution in [2.45, 2.75) is 44.2 Å². The van der Waals surface area contributed by atoms with Crippen LogP contribution in [0, 0.1) is 0 Å². The van der Waals surface area contributed by atoms with Crippen molar-refractivity contribution in [1.82, 2.24) is 10.2 Å². The summed E-state index contributed by atoms with van der Waals surface area (Å²) in [4.78, 5) is 14.6. The number of amides is 1. The van der Waals surface area contributed by atoms with Gasteiger partial charge < -0.3 is 19.9 Å². The average Bonchev–Trinajstić information content (AvgIpc) is 3.24. The number of hydrogen-bond donors (Lipinski definition) is 2. The number of aliphatic hydroxyl groups is 1. The monoisotopic (exact) mass is 490 g/mol.